The minimum absolute atomic E-state index is 0.822. The Bertz CT molecular complexity index is 748. The third kappa shape index (κ3) is 2.77. The van der Waals surface area contributed by atoms with Gasteiger partial charge in [-0.25, -0.2) is 0 Å². The van der Waals surface area contributed by atoms with Crippen molar-refractivity contribution in [2.45, 2.75) is 13.5 Å². The fourth-order valence-electron chi connectivity index (χ4n) is 2.36. The summed E-state index contributed by atoms with van der Waals surface area (Å²) in [6.45, 7) is 2.96. The number of nitrogens with zero attached hydrogens (tertiary/aromatic N) is 1. The van der Waals surface area contributed by atoms with Gasteiger partial charge in [-0.15, -0.1) is 0 Å². The summed E-state index contributed by atoms with van der Waals surface area (Å²) in [6, 6.07) is 14.9. The van der Waals surface area contributed by atoms with Crippen LogP contribution in [0, 0.1) is 10.5 Å². The highest BCUT2D eigenvalue weighted by Gasteiger charge is 2.02. The molecule has 1 N–H and O–H groups in total. The van der Waals surface area contributed by atoms with E-state index in [1.807, 2.05) is 12.4 Å². The van der Waals surface area contributed by atoms with Crippen molar-refractivity contribution in [3.8, 4) is 0 Å². The van der Waals surface area contributed by atoms with E-state index in [2.05, 4.69) is 82.3 Å². The molecule has 1 heterocycles. The molecule has 0 radical (unpaired) electrons. The van der Waals surface area contributed by atoms with Gasteiger partial charge in [-0.1, -0.05) is 18.2 Å². The molecule has 0 amide bonds. The molecule has 20 heavy (non-hydrogen) atoms. The molecule has 100 valence electrons. The number of aryl methyl sites for hydroxylation is 1. The predicted molar refractivity (Wildman–Crippen MR) is 93.0 cm³/mol. The molecule has 3 aromatic rings. The summed E-state index contributed by atoms with van der Waals surface area (Å²) in [4.78, 5) is 4.17. The smallest absolute Gasteiger partial charge is 0.0407 e. The molecule has 0 aliphatic carbocycles. The first kappa shape index (κ1) is 13.4. The number of anilines is 1. The van der Waals surface area contributed by atoms with Crippen molar-refractivity contribution in [3.63, 3.8) is 0 Å². The van der Waals surface area contributed by atoms with E-state index >= 15 is 0 Å². The van der Waals surface area contributed by atoms with Crippen LogP contribution in [0.1, 0.15) is 11.1 Å². The minimum Gasteiger partial charge on any atom is -0.381 e. The normalized spacial score (nSPS) is 10.7. The number of hydrogen-bond donors (Lipinski definition) is 1. The van der Waals surface area contributed by atoms with Gasteiger partial charge < -0.3 is 5.32 Å². The molecule has 0 saturated carbocycles. The molecule has 0 saturated heterocycles. The summed E-state index contributed by atoms with van der Waals surface area (Å²) >= 11 is 2.34. The van der Waals surface area contributed by atoms with Crippen molar-refractivity contribution < 1.29 is 0 Å². The number of rotatable bonds is 3. The Hall–Kier alpha value is -1.62. The van der Waals surface area contributed by atoms with Gasteiger partial charge in [0.1, 0.15) is 0 Å². The molecular formula is C17H15IN2. The maximum atomic E-state index is 4.17. The van der Waals surface area contributed by atoms with Gasteiger partial charge in [0.15, 0.2) is 0 Å². The van der Waals surface area contributed by atoms with E-state index < -0.39 is 0 Å². The Morgan fingerprint density at radius 2 is 2.05 bits per heavy atom. The second-order valence-corrected chi connectivity index (χ2v) is 6.07. The van der Waals surface area contributed by atoms with Crippen LogP contribution < -0.4 is 5.32 Å². The van der Waals surface area contributed by atoms with E-state index in [-0.39, 0.29) is 0 Å². The Morgan fingerprint density at radius 1 is 1.15 bits per heavy atom. The Kier molecular flexibility index (Phi) is 3.87. The molecule has 2 aromatic carbocycles. The first-order valence-corrected chi connectivity index (χ1v) is 7.63. The van der Waals surface area contributed by atoms with Crippen LogP contribution in [-0.2, 0) is 6.54 Å². The van der Waals surface area contributed by atoms with Crippen LogP contribution in [0.5, 0.6) is 0 Å². The summed E-state index contributed by atoms with van der Waals surface area (Å²) in [6.07, 6.45) is 3.76. The van der Waals surface area contributed by atoms with Gasteiger partial charge in [0.25, 0.3) is 0 Å². The average Bonchev–Trinajstić information content (AvgIpc) is 2.46. The van der Waals surface area contributed by atoms with Crippen molar-refractivity contribution in [1.82, 2.24) is 4.98 Å². The molecule has 1 aromatic heterocycles. The number of aromatic nitrogens is 1. The molecular weight excluding hydrogens is 359 g/mol. The Balaban J connectivity index is 1.87. The maximum Gasteiger partial charge on any atom is 0.0407 e. The molecule has 3 rings (SSSR count). The SMILES string of the molecule is Cc1cc(I)ccc1NCc1cccc2cnccc12. The lowest BCUT2D eigenvalue weighted by molar-refractivity contribution is 1.15. The minimum atomic E-state index is 0.822. The highest BCUT2D eigenvalue weighted by molar-refractivity contribution is 14.1. The second kappa shape index (κ2) is 5.79. The first-order chi connectivity index (χ1) is 9.74. The average molecular weight is 374 g/mol. The third-order valence-electron chi connectivity index (χ3n) is 3.43. The lowest BCUT2D eigenvalue weighted by atomic mass is 10.1. The Labute approximate surface area is 132 Å². The molecule has 0 spiro atoms. The fourth-order valence-corrected chi connectivity index (χ4v) is 3.01. The molecule has 0 aliphatic rings. The molecule has 3 heteroatoms. The zero-order valence-electron chi connectivity index (χ0n) is 11.2. The van der Waals surface area contributed by atoms with Crippen molar-refractivity contribution in [1.29, 1.82) is 0 Å². The summed E-state index contributed by atoms with van der Waals surface area (Å²) in [7, 11) is 0. The number of pyridine rings is 1. The van der Waals surface area contributed by atoms with Crippen molar-refractivity contribution in [2.24, 2.45) is 0 Å². The number of benzene rings is 2. The molecule has 0 unspecified atom stereocenters. The van der Waals surface area contributed by atoms with Crippen LogP contribution in [-0.4, -0.2) is 4.98 Å². The molecule has 2 nitrogen and oxygen atoms in total. The molecule has 0 bridgehead atoms. The van der Waals surface area contributed by atoms with Gasteiger partial charge in [-0.2, -0.15) is 0 Å². The van der Waals surface area contributed by atoms with E-state index in [1.54, 1.807) is 0 Å². The van der Waals surface area contributed by atoms with E-state index in [0.717, 1.165) is 6.54 Å². The topological polar surface area (TPSA) is 24.9 Å². The van der Waals surface area contributed by atoms with Gasteiger partial charge >= 0.3 is 0 Å². The quantitative estimate of drug-likeness (QED) is 0.669. The van der Waals surface area contributed by atoms with Crippen molar-refractivity contribution >= 4 is 39.1 Å². The zero-order valence-corrected chi connectivity index (χ0v) is 13.4. The molecule has 0 fully saturated rings. The third-order valence-corrected chi connectivity index (χ3v) is 4.10. The van der Waals surface area contributed by atoms with Crippen LogP contribution >= 0.6 is 22.6 Å². The first-order valence-electron chi connectivity index (χ1n) is 6.56. The van der Waals surface area contributed by atoms with Gasteiger partial charge in [0, 0.05) is 33.6 Å². The number of nitrogens with one attached hydrogen (secondary N) is 1. The summed E-state index contributed by atoms with van der Waals surface area (Å²) in [5, 5.41) is 5.97. The Morgan fingerprint density at radius 3 is 2.90 bits per heavy atom. The van der Waals surface area contributed by atoms with Crippen molar-refractivity contribution in [2.75, 3.05) is 5.32 Å². The van der Waals surface area contributed by atoms with Crippen LogP contribution in [0.15, 0.2) is 54.9 Å². The molecule has 0 aliphatic heterocycles. The van der Waals surface area contributed by atoms with E-state index in [9.17, 15) is 0 Å². The van der Waals surface area contributed by atoms with Gasteiger partial charge in [0.2, 0.25) is 0 Å². The van der Waals surface area contributed by atoms with Crippen LogP contribution in [0.3, 0.4) is 0 Å². The second-order valence-electron chi connectivity index (χ2n) is 4.83. The lowest BCUT2D eigenvalue weighted by Crippen LogP contribution is -2.01. The predicted octanol–water partition coefficient (Wildman–Crippen LogP) is 4.76. The summed E-state index contributed by atoms with van der Waals surface area (Å²) in [5.41, 5.74) is 3.76. The van der Waals surface area contributed by atoms with Crippen molar-refractivity contribution in [3.05, 3.63) is 69.6 Å². The monoisotopic (exact) mass is 374 g/mol. The van der Waals surface area contributed by atoms with E-state index in [0.29, 0.717) is 0 Å². The fraction of sp³-hybridized carbons (Fsp3) is 0.118. The largest absolute Gasteiger partial charge is 0.381 e. The van der Waals surface area contributed by atoms with E-state index in [4.69, 9.17) is 0 Å². The van der Waals surface area contributed by atoms with Gasteiger partial charge in [-0.3, -0.25) is 4.98 Å². The van der Waals surface area contributed by atoms with Crippen LogP contribution in [0.25, 0.3) is 10.8 Å². The molecule has 0 atom stereocenters. The van der Waals surface area contributed by atoms with Crippen LogP contribution in [0.4, 0.5) is 5.69 Å². The number of halogens is 1. The van der Waals surface area contributed by atoms with Gasteiger partial charge in [0.05, 0.1) is 0 Å². The zero-order chi connectivity index (χ0) is 13.9. The maximum absolute atomic E-state index is 4.17. The van der Waals surface area contributed by atoms with Crippen LogP contribution in [0.2, 0.25) is 0 Å². The number of hydrogen-bond acceptors (Lipinski definition) is 2. The van der Waals surface area contributed by atoms with Gasteiger partial charge in [-0.05, 0) is 70.3 Å². The standard InChI is InChI=1S/C17H15IN2/c1-12-9-15(18)5-6-17(12)20-11-14-4-2-3-13-10-19-8-7-16(13)14/h2-10,20H,11H2,1H3. The summed E-state index contributed by atoms with van der Waals surface area (Å²) < 4.78 is 1.27. The highest BCUT2D eigenvalue weighted by Crippen LogP contribution is 2.21. The summed E-state index contributed by atoms with van der Waals surface area (Å²) in [5.74, 6) is 0. The highest BCUT2D eigenvalue weighted by atomic mass is 127. The van der Waals surface area contributed by atoms with E-state index in [1.165, 1.54) is 31.2 Å². The lowest BCUT2D eigenvalue weighted by Gasteiger charge is -2.11. The number of fused-ring (bicyclic) bond motifs is 1.